The van der Waals surface area contributed by atoms with Crippen LogP contribution in [0.4, 0.5) is 5.69 Å². The summed E-state index contributed by atoms with van der Waals surface area (Å²) in [7, 11) is 2.14. The van der Waals surface area contributed by atoms with Gasteiger partial charge in [0.1, 0.15) is 4.88 Å². The molecule has 100 valence electrons. The second kappa shape index (κ2) is 5.71. The van der Waals surface area contributed by atoms with Crippen LogP contribution in [0.3, 0.4) is 0 Å². The third-order valence-electron chi connectivity index (χ3n) is 3.41. The van der Waals surface area contributed by atoms with Crippen molar-refractivity contribution < 1.29 is 9.53 Å². The summed E-state index contributed by atoms with van der Waals surface area (Å²) in [5.74, 6) is -0.200. The van der Waals surface area contributed by atoms with E-state index in [4.69, 9.17) is 4.74 Å². The maximum Gasteiger partial charge on any atom is 0.350 e. The van der Waals surface area contributed by atoms with E-state index in [1.165, 1.54) is 11.3 Å². The zero-order valence-corrected chi connectivity index (χ0v) is 12.0. The SMILES string of the molecule is CCOC(=O)c1sccc1N1CCN(C)C(C)C1. The molecular weight excluding hydrogens is 248 g/mol. The molecular formula is C13H20N2O2S. The van der Waals surface area contributed by atoms with Gasteiger partial charge in [-0.1, -0.05) is 0 Å². The fourth-order valence-corrected chi connectivity index (χ4v) is 2.97. The number of hydrogen-bond acceptors (Lipinski definition) is 5. The lowest BCUT2D eigenvalue weighted by Crippen LogP contribution is -2.50. The van der Waals surface area contributed by atoms with Crippen LogP contribution in [0.15, 0.2) is 11.4 Å². The van der Waals surface area contributed by atoms with E-state index in [1.54, 1.807) is 0 Å². The predicted molar refractivity (Wildman–Crippen MR) is 74.6 cm³/mol. The van der Waals surface area contributed by atoms with Crippen molar-refractivity contribution in [3.05, 3.63) is 16.3 Å². The molecule has 0 saturated carbocycles. The van der Waals surface area contributed by atoms with E-state index in [0.29, 0.717) is 12.6 Å². The Labute approximate surface area is 112 Å². The van der Waals surface area contributed by atoms with E-state index < -0.39 is 0 Å². The lowest BCUT2D eigenvalue weighted by molar-refractivity contribution is 0.0532. The van der Waals surface area contributed by atoms with Crippen LogP contribution in [0.25, 0.3) is 0 Å². The summed E-state index contributed by atoms with van der Waals surface area (Å²) in [5.41, 5.74) is 1.03. The smallest absolute Gasteiger partial charge is 0.350 e. The van der Waals surface area contributed by atoms with Gasteiger partial charge in [-0.3, -0.25) is 0 Å². The Morgan fingerprint density at radius 3 is 3.00 bits per heavy atom. The molecule has 2 rings (SSSR count). The molecule has 0 aliphatic carbocycles. The fraction of sp³-hybridized carbons (Fsp3) is 0.615. The number of hydrogen-bond donors (Lipinski definition) is 0. The molecule has 18 heavy (non-hydrogen) atoms. The molecule has 1 saturated heterocycles. The van der Waals surface area contributed by atoms with Crippen molar-refractivity contribution in [2.75, 3.05) is 38.2 Å². The van der Waals surface area contributed by atoms with Crippen molar-refractivity contribution in [1.82, 2.24) is 4.90 Å². The van der Waals surface area contributed by atoms with Crippen LogP contribution in [0.2, 0.25) is 0 Å². The minimum Gasteiger partial charge on any atom is -0.462 e. The van der Waals surface area contributed by atoms with Crippen molar-refractivity contribution >= 4 is 23.0 Å². The molecule has 1 aliphatic rings. The van der Waals surface area contributed by atoms with Crippen molar-refractivity contribution in [3.8, 4) is 0 Å². The minimum atomic E-state index is -0.200. The van der Waals surface area contributed by atoms with E-state index in [0.717, 1.165) is 30.2 Å². The Morgan fingerprint density at radius 1 is 1.56 bits per heavy atom. The molecule has 1 aliphatic heterocycles. The van der Waals surface area contributed by atoms with E-state index >= 15 is 0 Å². The summed E-state index contributed by atoms with van der Waals surface area (Å²) in [6, 6.07) is 2.53. The van der Waals surface area contributed by atoms with E-state index in [9.17, 15) is 4.79 Å². The zero-order chi connectivity index (χ0) is 13.1. The standard InChI is InChI=1S/C13H20N2O2S/c1-4-17-13(16)12-11(5-8-18-12)15-7-6-14(3)10(2)9-15/h5,8,10H,4,6-7,9H2,1-3H3. The Hall–Kier alpha value is -1.07. The largest absolute Gasteiger partial charge is 0.462 e. The number of rotatable bonds is 3. The summed E-state index contributed by atoms with van der Waals surface area (Å²) in [5, 5.41) is 1.96. The third kappa shape index (κ3) is 2.67. The van der Waals surface area contributed by atoms with Crippen LogP contribution in [-0.4, -0.2) is 50.2 Å². The summed E-state index contributed by atoms with van der Waals surface area (Å²) >= 11 is 1.46. The Kier molecular flexibility index (Phi) is 4.24. The number of carbonyl (C=O) groups excluding carboxylic acids is 1. The van der Waals surface area contributed by atoms with Gasteiger partial charge in [-0.05, 0) is 32.3 Å². The second-order valence-electron chi connectivity index (χ2n) is 4.63. The highest BCUT2D eigenvalue weighted by Gasteiger charge is 2.25. The minimum absolute atomic E-state index is 0.200. The van der Waals surface area contributed by atoms with Crippen LogP contribution in [0.5, 0.6) is 0 Å². The molecule has 1 atom stereocenters. The van der Waals surface area contributed by atoms with Gasteiger partial charge in [0.2, 0.25) is 0 Å². The van der Waals surface area contributed by atoms with Gasteiger partial charge in [0.05, 0.1) is 12.3 Å². The summed E-state index contributed by atoms with van der Waals surface area (Å²) in [6.07, 6.45) is 0. The van der Waals surface area contributed by atoms with Gasteiger partial charge in [0.25, 0.3) is 0 Å². The van der Waals surface area contributed by atoms with Crippen molar-refractivity contribution in [2.24, 2.45) is 0 Å². The van der Waals surface area contributed by atoms with Crippen molar-refractivity contribution in [2.45, 2.75) is 19.9 Å². The quantitative estimate of drug-likeness (QED) is 0.786. The molecule has 0 N–H and O–H groups in total. The fourth-order valence-electron chi connectivity index (χ4n) is 2.17. The highest BCUT2D eigenvalue weighted by Crippen LogP contribution is 2.28. The van der Waals surface area contributed by atoms with Crippen molar-refractivity contribution in [3.63, 3.8) is 0 Å². The molecule has 1 aromatic heterocycles. The average Bonchev–Trinajstić information content (AvgIpc) is 2.82. The first-order chi connectivity index (χ1) is 8.63. The second-order valence-corrected chi connectivity index (χ2v) is 5.55. The summed E-state index contributed by atoms with van der Waals surface area (Å²) < 4.78 is 5.10. The monoisotopic (exact) mass is 268 g/mol. The number of anilines is 1. The van der Waals surface area contributed by atoms with Gasteiger partial charge in [-0.15, -0.1) is 11.3 Å². The zero-order valence-electron chi connectivity index (χ0n) is 11.2. The third-order valence-corrected chi connectivity index (χ3v) is 4.29. The Bertz CT molecular complexity index is 419. The molecule has 0 bridgehead atoms. The number of carbonyl (C=O) groups is 1. The summed E-state index contributed by atoms with van der Waals surface area (Å²) in [4.78, 5) is 17.2. The van der Waals surface area contributed by atoms with Gasteiger partial charge < -0.3 is 14.5 Å². The predicted octanol–water partition coefficient (Wildman–Crippen LogP) is 2.07. The van der Waals surface area contributed by atoms with Crippen molar-refractivity contribution in [1.29, 1.82) is 0 Å². The Morgan fingerprint density at radius 2 is 2.33 bits per heavy atom. The van der Waals surface area contributed by atoms with Gasteiger partial charge in [0, 0.05) is 25.7 Å². The first kappa shape index (κ1) is 13.4. The molecule has 4 nitrogen and oxygen atoms in total. The highest BCUT2D eigenvalue weighted by molar-refractivity contribution is 7.12. The highest BCUT2D eigenvalue weighted by atomic mass is 32.1. The maximum absolute atomic E-state index is 11.9. The van der Waals surface area contributed by atoms with E-state index in [2.05, 4.69) is 23.8 Å². The van der Waals surface area contributed by atoms with Crippen LogP contribution in [0, 0.1) is 0 Å². The molecule has 1 aromatic rings. The van der Waals surface area contributed by atoms with Crippen LogP contribution < -0.4 is 4.90 Å². The first-order valence-corrected chi connectivity index (χ1v) is 7.21. The maximum atomic E-state index is 11.9. The van der Waals surface area contributed by atoms with Gasteiger partial charge >= 0.3 is 5.97 Å². The number of nitrogens with zero attached hydrogens (tertiary/aromatic N) is 2. The molecule has 5 heteroatoms. The number of esters is 1. The molecule has 0 spiro atoms. The first-order valence-electron chi connectivity index (χ1n) is 6.33. The number of thiophene rings is 1. The molecule has 1 unspecified atom stereocenters. The van der Waals surface area contributed by atoms with Crippen LogP contribution in [-0.2, 0) is 4.74 Å². The molecule has 2 heterocycles. The lowest BCUT2D eigenvalue weighted by Gasteiger charge is -2.38. The molecule has 0 amide bonds. The van der Waals surface area contributed by atoms with Crippen LogP contribution >= 0.6 is 11.3 Å². The summed E-state index contributed by atoms with van der Waals surface area (Å²) in [6.45, 7) is 7.42. The van der Waals surface area contributed by atoms with Gasteiger partial charge in [0.15, 0.2) is 0 Å². The topological polar surface area (TPSA) is 32.8 Å². The normalized spacial score (nSPS) is 21.1. The van der Waals surface area contributed by atoms with Gasteiger partial charge in [-0.25, -0.2) is 4.79 Å². The van der Waals surface area contributed by atoms with Gasteiger partial charge in [-0.2, -0.15) is 0 Å². The van der Waals surface area contributed by atoms with E-state index in [-0.39, 0.29) is 5.97 Å². The number of piperazine rings is 1. The number of likely N-dealkylation sites (N-methyl/N-ethyl adjacent to an activating group) is 1. The molecule has 1 fully saturated rings. The van der Waals surface area contributed by atoms with Crippen LogP contribution in [0.1, 0.15) is 23.5 Å². The Balaban J connectivity index is 2.14. The number of ether oxygens (including phenoxy) is 1. The lowest BCUT2D eigenvalue weighted by atomic mass is 10.2. The average molecular weight is 268 g/mol. The molecule has 0 radical (unpaired) electrons. The van der Waals surface area contributed by atoms with E-state index in [1.807, 2.05) is 18.4 Å². The molecule has 0 aromatic carbocycles.